The van der Waals surface area contributed by atoms with Gasteiger partial charge in [0.25, 0.3) is 0 Å². The van der Waals surface area contributed by atoms with Gasteiger partial charge in [0.05, 0.1) is 6.04 Å². The Morgan fingerprint density at radius 2 is 2.30 bits per heavy atom. The van der Waals surface area contributed by atoms with E-state index in [0.29, 0.717) is 17.0 Å². The van der Waals surface area contributed by atoms with Crippen LogP contribution in [0, 0.1) is 6.92 Å². The van der Waals surface area contributed by atoms with Crippen LogP contribution in [-0.4, -0.2) is 30.2 Å². The molecule has 0 spiro atoms. The van der Waals surface area contributed by atoms with E-state index >= 15 is 0 Å². The molecule has 112 valence electrons. The van der Waals surface area contributed by atoms with E-state index in [4.69, 9.17) is 0 Å². The summed E-state index contributed by atoms with van der Waals surface area (Å²) in [6, 6.07) is 4.45. The second-order valence-corrected chi connectivity index (χ2v) is 5.15. The van der Waals surface area contributed by atoms with Crippen LogP contribution in [-0.2, 0) is 4.79 Å². The number of hydrogen-bond donors (Lipinski definition) is 2. The highest BCUT2D eigenvalue weighted by Gasteiger charge is 2.22. The molecule has 0 aromatic heterocycles. The SMILES string of the molecule is Cc1ccc(NC(=O)C2CSCN2)cc1OC(F)F.Cl. The highest BCUT2D eigenvalue weighted by Crippen LogP contribution is 2.24. The van der Waals surface area contributed by atoms with E-state index in [1.54, 1.807) is 30.8 Å². The number of carbonyl (C=O) groups excluding carboxylic acids is 1. The molecule has 0 aliphatic carbocycles. The number of hydrogen-bond acceptors (Lipinski definition) is 4. The Kier molecular flexibility index (Phi) is 6.51. The molecule has 1 atom stereocenters. The van der Waals surface area contributed by atoms with Crippen molar-refractivity contribution in [2.45, 2.75) is 19.6 Å². The lowest BCUT2D eigenvalue weighted by molar-refractivity contribution is -0.117. The maximum atomic E-state index is 12.2. The van der Waals surface area contributed by atoms with Crippen molar-refractivity contribution in [1.82, 2.24) is 5.32 Å². The average Bonchev–Trinajstić information content (AvgIpc) is 2.86. The number of rotatable bonds is 4. The summed E-state index contributed by atoms with van der Waals surface area (Å²) >= 11 is 1.64. The molecule has 1 unspecified atom stereocenters. The Morgan fingerprint density at radius 1 is 1.55 bits per heavy atom. The molecule has 8 heteroatoms. The number of aryl methyl sites for hydroxylation is 1. The third-order valence-electron chi connectivity index (χ3n) is 2.70. The molecular formula is C12H15ClF2N2O2S. The van der Waals surface area contributed by atoms with E-state index in [0.717, 1.165) is 5.88 Å². The Morgan fingerprint density at radius 3 is 2.90 bits per heavy atom. The number of anilines is 1. The summed E-state index contributed by atoms with van der Waals surface area (Å²) in [6.45, 7) is -1.21. The van der Waals surface area contributed by atoms with Gasteiger partial charge in [-0.1, -0.05) is 6.07 Å². The molecule has 0 saturated carbocycles. The van der Waals surface area contributed by atoms with Crippen molar-refractivity contribution in [3.8, 4) is 5.75 Å². The van der Waals surface area contributed by atoms with Gasteiger partial charge in [0, 0.05) is 23.4 Å². The number of thioether (sulfide) groups is 1. The third-order valence-corrected chi connectivity index (χ3v) is 3.64. The van der Waals surface area contributed by atoms with Crippen LogP contribution in [0.25, 0.3) is 0 Å². The second-order valence-electron chi connectivity index (χ2n) is 4.12. The molecular weight excluding hydrogens is 310 g/mol. The quantitative estimate of drug-likeness (QED) is 0.894. The molecule has 20 heavy (non-hydrogen) atoms. The molecule has 1 aromatic rings. The van der Waals surface area contributed by atoms with Gasteiger partial charge in [-0.2, -0.15) is 8.78 Å². The van der Waals surface area contributed by atoms with Gasteiger partial charge >= 0.3 is 6.61 Å². The van der Waals surface area contributed by atoms with E-state index < -0.39 is 6.61 Å². The van der Waals surface area contributed by atoms with Gasteiger partial charge in [-0.15, -0.1) is 24.2 Å². The van der Waals surface area contributed by atoms with Crippen molar-refractivity contribution < 1.29 is 18.3 Å². The molecule has 1 aliphatic heterocycles. The summed E-state index contributed by atoms with van der Waals surface area (Å²) in [6.07, 6.45) is 0. The third kappa shape index (κ3) is 4.50. The molecule has 2 rings (SSSR count). The van der Waals surface area contributed by atoms with E-state index in [1.165, 1.54) is 6.07 Å². The maximum Gasteiger partial charge on any atom is 0.387 e. The minimum Gasteiger partial charge on any atom is -0.434 e. The predicted octanol–water partition coefficient (Wildman–Crippen LogP) is 2.62. The minimum atomic E-state index is -2.88. The zero-order valence-corrected chi connectivity index (χ0v) is 12.3. The molecule has 1 aliphatic rings. The van der Waals surface area contributed by atoms with Crippen molar-refractivity contribution >= 4 is 35.8 Å². The first-order chi connectivity index (χ1) is 9.06. The van der Waals surface area contributed by atoms with Crippen molar-refractivity contribution in [2.75, 3.05) is 16.9 Å². The molecule has 0 bridgehead atoms. The van der Waals surface area contributed by atoms with E-state index in [-0.39, 0.29) is 30.1 Å². The van der Waals surface area contributed by atoms with Crippen LogP contribution >= 0.6 is 24.2 Å². The average molecular weight is 325 g/mol. The first-order valence-corrected chi connectivity index (χ1v) is 6.89. The van der Waals surface area contributed by atoms with E-state index in [2.05, 4.69) is 15.4 Å². The van der Waals surface area contributed by atoms with Gasteiger partial charge in [-0.25, -0.2) is 0 Å². The Labute approximate surface area is 126 Å². The van der Waals surface area contributed by atoms with E-state index in [9.17, 15) is 13.6 Å². The number of alkyl halides is 2. The minimum absolute atomic E-state index is 0. The Bertz CT molecular complexity index is 471. The fraction of sp³-hybridized carbons (Fsp3) is 0.417. The maximum absolute atomic E-state index is 12.2. The van der Waals surface area contributed by atoms with Gasteiger partial charge in [0.2, 0.25) is 5.91 Å². The van der Waals surface area contributed by atoms with Crippen LogP contribution in [0.3, 0.4) is 0 Å². The van der Waals surface area contributed by atoms with Crippen molar-refractivity contribution in [2.24, 2.45) is 0 Å². The predicted molar refractivity (Wildman–Crippen MR) is 77.9 cm³/mol. The first kappa shape index (κ1) is 17.0. The molecule has 1 aromatic carbocycles. The summed E-state index contributed by atoms with van der Waals surface area (Å²) in [5.74, 6) is 1.35. The number of amides is 1. The zero-order valence-electron chi connectivity index (χ0n) is 10.7. The summed E-state index contributed by atoms with van der Waals surface area (Å²) in [5, 5.41) is 5.72. The number of halogens is 3. The Hall–Kier alpha value is -1.05. The first-order valence-electron chi connectivity index (χ1n) is 5.73. The number of ether oxygens (including phenoxy) is 1. The monoisotopic (exact) mass is 324 g/mol. The van der Waals surface area contributed by atoms with Crippen LogP contribution in [0.2, 0.25) is 0 Å². The Balaban J connectivity index is 0.00000200. The van der Waals surface area contributed by atoms with Gasteiger partial charge in [0.15, 0.2) is 0 Å². The smallest absolute Gasteiger partial charge is 0.387 e. The topological polar surface area (TPSA) is 50.4 Å². The highest BCUT2D eigenvalue weighted by atomic mass is 35.5. The normalized spacial score (nSPS) is 17.7. The van der Waals surface area contributed by atoms with Gasteiger partial charge < -0.3 is 10.1 Å². The molecule has 2 N–H and O–H groups in total. The van der Waals surface area contributed by atoms with Gasteiger partial charge in [-0.05, 0) is 18.6 Å². The summed E-state index contributed by atoms with van der Waals surface area (Å²) in [4.78, 5) is 11.9. The molecule has 4 nitrogen and oxygen atoms in total. The van der Waals surface area contributed by atoms with Gasteiger partial charge in [-0.3, -0.25) is 10.1 Å². The lowest BCUT2D eigenvalue weighted by Crippen LogP contribution is -2.37. The number of nitrogens with one attached hydrogen (secondary N) is 2. The van der Waals surface area contributed by atoms with Gasteiger partial charge in [0.1, 0.15) is 5.75 Å². The van der Waals surface area contributed by atoms with Crippen LogP contribution < -0.4 is 15.4 Å². The van der Waals surface area contributed by atoms with Crippen molar-refractivity contribution in [1.29, 1.82) is 0 Å². The van der Waals surface area contributed by atoms with Crippen LogP contribution in [0.1, 0.15) is 5.56 Å². The lowest BCUT2D eigenvalue weighted by Gasteiger charge is -2.13. The fourth-order valence-corrected chi connectivity index (χ4v) is 2.64. The zero-order chi connectivity index (χ0) is 13.8. The van der Waals surface area contributed by atoms with Crippen molar-refractivity contribution in [3.63, 3.8) is 0 Å². The fourth-order valence-electron chi connectivity index (χ4n) is 1.69. The van der Waals surface area contributed by atoms with Crippen LogP contribution in [0.5, 0.6) is 5.75 Å². The summed E-state index contributed by atoms with van der Waals surface area (Å²) < 4.78 is 28.8. The molecule has 1 heterocycles. The van der Waals surface area contributed by atoms with Crippen molar-refractivity contribution in [3.05, 3.63) is 23.8 Å². The van der Waals surface area contributed by atoms with Crippen LogP contribution in [0.4, 0.5) is 14.5 Å². The molecule has 0 radical (unpaired) electrons. The molecule has 1 fully saturated rings. The second kappa shape index (κ2) is 7.66. The van der Waals surface area contributed by atoms with Crippen LogP contribution in [0.15, 0.2) is 18.2 Å². The van der Waals surface area contributed by atoms with E-state index in [1.807, 2.05) is 0 Å². The lowest BCUT2D eigenvalue weighted by atomic mass is 10.2. The summed E-state index contributed by atoms with van der Waals surface area (Å²) in [7, 11) is 0. The number of carbonyl (C=O) groups is 1. The summed E-state index contributed by atoms with van der Waals surface area (Å²) in [5.41, 5.74) is 1.04. The number of benzene rings is 1. The highest BCUT2D eigenvalue weighted by molar-refractivity contribution is 7.99. The molecule has 1 amide bonds. The standard InChI is InChI=1S/C12H14F2N2O2S.ClH/c1-7-2-3-8(4-10(7)18-12(13)14)16-11(17)9-5-19-6-15-9;/h2-4,9,12,15H,5-6H2,1H3,(H,16,17);1H. The largest absolute Gasteiger partial charge is 0.434 e. The molecule has 1 saturated heterocycles.